The van der Waals surface area contributed by atoms with Crippen LogP contribution >= 0.6 is 0 Å². The monoisotopic (exact) mass is 399 g/mol. The summed E-state index contributed by atoms with van der Waals surface area (Å²) in [4.78, 5) is 3.74. The van der Waals surface area contributed by atoms with Gasteiger partial charge in [0.05, 0.1) is 22.5 Å². The summed E-state index contributed by atoms with van der Waals surface area (Å²) >= 11 is 0. The van der Waals surface area contributed by atoms with E-state index in [1.807, 2.05) is 0 Å². The minimum atomic E-state index is -3.78. The molecule has 142 valence electrons. The molecule has 1 aromatic heterocycles. The third kappa shape index (κ3) is 4.70. The van der Waals surface area contributed by atoms with Crippen LogP contribution in [-0.4, -0.2) is 27.9 Å². The first-order valence-electron chi connectivity index (χ1n) is 8.36. The fourth-order valence-corrected chi connectivity index (χ4v) is 5.18. The van der Waals surface area contributed by atoms with Gasteiger partial charge in [0.25, 0.3) is 0 Å². The first kappa shape index (κ1) is 19.0. The Labute approximate surface area is 153 Å². The van der Waals surface area contributed by atoms with Crippen molar-refractivity contribution in [1.82, 2.24) is 14.4 Å². The van der Waals surface area contributed by atoms with Crippen molar-refractivity contribution in [2.24, 2.45) is 0 Å². The molecule has 0 spiro atoms. The average Bonchev–Trinajstić information content (AvgIpc) is 3.14. The van der Waals surface area contributed by atoms with Crippen molar-refractivity contribution in [2.45, 2.75) is 54.5 Å². The molecule has 8 nitrogen and oxygen atoms in total. The molecule has 0 amide bonds. The highest BCUT2D eigenvalue weighted by molar-refractivity contribution is 7.90. The third-order valence-electron chi connectivity index (χ3n) is 4.29. The Balaban J connectivity index is 1.68. The normalized spacial score (nSPS) is 16.6. The lowest BCUT2D eigenvalue weighted by atomic mass is 9.96. The van der Waals surface area contributed by atoms with Crippen molar-refractivity contribution in [3.8, 4) is 0 Å². The zero-order valence-electron chi connectivity index (χ0n) is 14.1. The van der Waals surface area contributed by atoms with Crippen LogP contribution in [0.2, 0.25) is 0 Å². The van der Waals surface area contributed by atoms with Gasteiger partial charge in [-0.1, -0.05) is 19.3 Å². The molecule has 1 aromatic carbocycles. The van der Waals surface area contributed by atoms with Crippen LogP contribution in [0, 0.1) is 0 Å². The van der Waals surface area contributed by atoms with Crippen molar-refractivity contribution in [3.63, 3.8) is 0 Å². The van der Waals surface area contributed by atoms with Gasteiger partial charge in [-0.15, -0.1) is 0 Å². The Bertz CT molecular complexity index is 917. The minimum absolute atomic E-state index is 0.0198. The number of nitrogens with one attached hydrogen (secondary N) is 2. The lowest BCUT2D eigenvalue weighted by Crippen LogP contribution is -2.36. The summed E-state index contributed by atoms with van der Waals surface area (Å²) in [5, 5.41) is 0. The molecule has 1 aliphatic carbocycles. The molecular weight excluding hydrogens is 378 g/mol. The maximum Gasteiger partial charge on any atom is 0.240 e. The highest BCUT2D eigenvalue weighted by Crippen LogP contribution is 2.21. The van der Waals surface area contributed by atoms with Crippen LogP contribution in [0.5, 0.6) is 0 Å². The van der Waals surface area contributed by atoms with Crippen molar-refractivity contribution >= 4 is 20.0 Å². The van der Waals surface area contributed by atoms with Gasteiger partial charge in [0.2, 0.25) is 20.0 Å². The van der Waals surface area contributed by atoms with Gasteiger partial charge in [0.15, 0.2) is 6.39 Å². The van der Waals surface area contributed by atoms with Crippen molar-refractivity contribution in [2.75, 3.05) is 0 Å². The Morgan fingerprint density at radius 1 is 0.962 bits per heavy atom. The summed E-state index contributed by atoms with van der Waals surface area (Å²) in [7, 11) is -7.44. The summed E-state index contributed by atoms with van der Waals surface area (Å²) in [6, 6.07) is 5.10. The molecule has 26 heavy (non-hydrogen) atoms. The zero-order chi connectivity index (χ0) is 18.6. The van der Waals surface area contributed by atoms with E-state index in [1.165, 1.54) is 36.9 Å². The van der Waals surface area contributed by atoms with Crippen LogP contribution < -0.4 is 9.44 Å². The molecule has 0 unspecified atom stereocenters. The van der Waals surface area contributed by atoms with Crippen LogP contribution in [0.4, 0.5) is 0 Å². The largest absolute Gasteiger partial charge is 0.447 e. The second-order valence-electron chi connectivity index (χ2n) is 6.22. The molecule has 1 fully saturated rings. The number of hydrogen-bond acceptors (Lipinski definition) is 6. The van der Waals surface area contributed by atoms with Gasteiger partial charge >= 0.3 is 0 Å². The molecule has 0 aliphatic heterocycles. The van der Waals surface area contributed by atoms with Crippen molar-refractivity contribution in [1.29, 1.82) is 0 Å². The van der Waals surface area contributed by atoms with Gasteiger partial charge in [0, 0.05) is 6.04 Å². The van der Waals surface area contributed by atoms with Gasteiger partial charge in [-0.25, -0.2) is 31.3 Å². The number of nitrogens with zero attached hydrogens (tertiary/aromatic N) is 1. The molecule has 3 rings (SSSR count). The fraction of sp³-hybridized carbons (Fsp3) is 0.438. The molecule has 2 aromatic rings. The Kier molecular flexibility index (Phi) is 5.76. The summed E-state index contributed by atoms with van der Waals surface area (Å²) in [5.41, 5.74) is 0. The predicted molar refractivity (Wildman–Crippen MR) is 94.2 cm³/mol. The predicted octanol–water partition coefficient (Wildman–Crippen LogP) is 1.76. The van der Waals surface area contributed by atoms with Gasteiger partial charge in [0.1, 0.15) is 5.76 Å². The minimum Gasteiger partial charge on any atom is -0.447 e. The van der Waals surface area contributed by atoms with Gasteiger partial charge in [-0.2, -0.15) is 0 Å². The molecule has 2 N–H and O–H groups in total. The number of benzene rings is 1. The summed E-state index contributed by atoms with van der Waals surface area (Å²) in [5.74, 6) is 0.379. The Hall–Kier alpha value is -1.75. The molecule has 0 atom stereocenters. The first-order chi connectivity index (χ1) is 12.4. The average molecular weight is 399 g/mol. The van der Waals surface area contributed by atoms with Gasteiger partial charge in [-0.3, -0.25) is 0 Å². The molecule has 1 heterocycles. The first-order valence-corrected chi connectivity index (χ1v) is 11.3. The van der Waals surface area contributed by atoms with E-state index >= 15 is 0 Å². The fourth-order valence-electron chi connectivity index (χ4n) is 2.88. The number of hydrogen-bond donors (Lipinski definition) is 2. The SMILES string of the molecule is O=S(=O)(NCc1cnco1)c1ccc(S(=O)(=O)NC2CCCCC2)cc1. The molecule has 0 saturated heterocycles. The molecule has 10 heteroatoms. The number of oxazole rings is 1. The van der Waals surface area contributed by atoms with Gasteiger partial charge in [-0.05, 0) is 37.1 Å². The molecule has 0 bridgehead atoms. The van der Waals surface area contributed by atoms with E-state index in [2.05, 4.69) is 14.4 Å². The Morgan fingerprint density at radius 3 is 2.15 bits per heavy atom. The van der Waals surface area contributed by atoms with E-state index in [0.29, 0.717) is 5.76 Å². The summed E-state index contributed by atoms with van der Waals surface area (Å²) in [6.45, 7) is -0.0361. The van der Waals surface area contributed by atoms with E-state index in [-0.39, 0.29) is 22.4 Å². The summed E-state index contributed by atoms with van der Waals surface area (Å²) in [6.07, 6.45) is 7.44. The molecule has 1 aliphatic rings. The third-order valence-corrected chi connectivity index (χ3v) is 7.24. The highest BCUT2D eigenvalue weighted by atomic mass is 32.2. The van der Waals surface area contributed by atoms with E-state index < -0.39 is 20.0 Å². The van der Waals surface area contributed by atoms with Crippen LogP contribution in [0.15, 0.2) is 51.1 Å². The number of aromatic nitrogens is 1. The van der Waals surface area contributed by atoms with Crippen LogP contribution in [0.25, 0.3) is 0 Å². The number of sulfonamides is 2. The zero-order valence-corrected chi connectivity index (χ0v) is 15.7. The molecule has 0 radical (unpaired) electrons. The molecule has 1 saturated carbocycles. The molecular formula is C16H21N3O5S2. The van der Waals surface area contributed by atoms with E-state index in [1.54, 1.807) is 0 Å². The Morgan fingerprint density at radius 2 is 1.58 bits per heavy atom. The van der Waals surface area contributed by atoms with E-state index in [0.717, 1.165) is 32.1 Å². The highest BCUT2D eigenvalue weighted by Gasteiger charge is 2.22. The maximum atomic E-state index is 12.4. The van der Waals surface area contributed by atoms with E-state index in [4.69, 9.17) is 4.42 Å². The maximum absolute atomic E-state index is 12.4. The van der Waals surface area contributed by atoms with Crippen molar-refractivity contribution in [3.05, 3.63) is 42.6 Å². The van der Waals surface area contributed by atoms with Crippen LogP contribution in [0.1, 0.15) is 37.9 Å². The standard InChI is InChI=1S/C16H21N3O5S2/c20-25(21,18-11-14-10-17-12-24-14)15-6-8-16(9-7-15)26(22,23)19-13-4-2-1-3-5-13/h6-10,12-13,18-19H,1-5,11H2. The lowest BCUT2D eigenvalue weighted by Gasteiger charge is -2.22. The quantitative estimate of drug-likeness (QED) is 0.732. The smallest absolute Gasteiger partial charge is 0.240 e. The van der Waals surface area contributed by atoms with Crippen LogP contribution in [0.3, 0.4) is 0 Å². The summed E-state index contributed by atoms with van der Waals surface area (Å²) < 4.78 is 59.5. The van der Waals surface area contributed by atoms with E-state index in [9.17, 15) is 16.8 Å². The van der Waals surface area contributed by atoms with Crippen LogP contribution in [-0.2, 0) is 26.6 Å². The topological polar surface area (TPSA) is 118 Å². The van der Waals surface area contributed by atoms with Crippen molar-refractivity contribution < 1.29 is 21.3 Å². The second kappa shape index (κ2) is 7.87. The second-order valence-corrected chi connectivity index (χ2v) is 9.70. The lowest BCUT2D eigenvalue weighted by molar-refractivity contribution is 0.412. The van der Waals surface area contributed by atoms with Gasteiger partial charge < -0.3 is 4.42 Å². The number of rotatable bonds is 7.